The molecule has 1 aliphatic heterocycles. The van der Waals surface area contributed by atoms with E-state index in [1.54, 1.807) is 0 Å². The lowest BCUT2D eigenvalue weighted by molar-refractivity contribution is -0.145. The molecule has 1 fully saturated rings. The molecule has 3 atom stereocenters. The molecule has 0 spiro atoms. The Balaban J connectivity index is 2.93. The van der Waals surface area contributed by atoms with Crippen molar-refractivity contribution in [3.05, 3.63) is 0 Å². The van der Waals surface area contributed by atoms with Crippen LogP contribution in [-0.4, -0.2) is 33.6 Å². The van der Waals surface area contributed by atoms with Crippen molar-refractivity contribution < 1.29 is 9.22 Å². The van der Waals surface area contributed by atoms with Gasteiger partial charge in [0, 0.05) is 5.41 Å². The number of carbonyl (C=O) groups is 1. The maximum Gasteiger partial charge on any atom is 0.227 e. The minimum absolute atomic E-state index is 0.0561. The van der Waals surface area contributed by atoms with Gasteiger partial charge in [-0.15, -0.1) is 11.8 Å². The van der Waals surface area contributed by atoms with E-state index < -0.39 is 0 Å². The highest BCUT2D eigenvalue weighted by molar-refractivity contribution is 8.00. The third-order valence-electron chi connectivity index (χ3n) is 3.72. The number of carbonyl (C=O) groups excluding carboxylic acids is 1. The van der Waals surface area contributed by atoms with Crippen molar-refractivity contribution in [1.82, 2.24) is 5.32 Å². The molecular weight excluding hydrogens is 262 g/mol. The molecule has 0 aromatic carbocycles. The Morgan fingerprint density at radius 1 is 1.39 bits per heavy atom. The highest BCUT2D eigenvalue weighted by atomic mass is 32.2. The van der Waals surface area contributed by atoms with E-state index in [0.29, 0.717) is 10.5 Å². The number of hydrogen-bond donors (Lipinski definition) is 1. The van der Waals surface area contributed by atoms with Gasteiger partial charge in [-0.3, -0.25) is 4.79 Å². The van der Waals surface area contributed by atoms with Crippen molar-refractivity contribution in [2.45, 2.75) is 53.0 Å². The van der Waals surface area contributed by atoms with E-state index in [1.165, 1.54) is 0 Å². The number of nitrogens with one attached hydrogen (secondary N) is 1. The number of β-lactam (4-membered cyclic amide) rings is 1. The van der Waals surface area contributed by atoms with Gasteiger partial charge in [-0.2, -0.15) is 0 Å². The van der Waals surface area contributed by atoms with E-state index in [2.05, 4.69) is 46.9 Å². The first-order valence-corrected chi connectivity index (χ1v) is 8.47. The largest absolute Gasteiger partial charge is 0.424 e. The molecule has 5 heteroatoms. The number of rotatable bonds is 5. The van der Waals surface area contributed by atoms with Gasteiger partial charge in [-0.1, -0.05) is 41.5 Å². The van der Waals surface area contributed by atoms with Gasteiger partial charge < -0.3 is 9.74 Å². The molecule has 2 unspecified atom stereocenters. The molecule has 1 aliphatic rings. The molecule has 0 saturated carbocycles. The van der Waals surface area contributed by atoms with Gasteiger partial charge >= 0.3 is 0 Å². The van der Waals surface area contributed by atoms with Gasteiger partial charge in [0.15, 0.2) is 0 Å². The quantitative estimate of drug-likeness (QED) is 0.616. The Morgan fingerprint density at radius 3 is 2.28 bits per heavy atom. The standard InChI is InChI=1S/C13H27NO2SSi/c1-7-17-10-8(9(15)14-10)13(5,6)11(16-18)12(2,3)4/h8,10-11H,7H2,1-6,18H3,(H,14,15)/t8?,10?,11-/m0/s1. The molecule has 106 valence electrons. The van der Waals surface area contributed by atoms with Crippen LogP contribution in [-0.2, 0) is 9.22 Å². The second kappa shape index (κ2) is 5.55. The highest BCUT2D eigenvalue weighted by Gasteiger charge is 2.54. The minimum Gasteiger partial charge on any atom is -0.424 e. The summed E-state index contributed by atoms with van der Waals surface area (Å²) in [6.07, 6.45) is 0.118. The average molecular weight is 290 g/mol. The SMILES string of the molecule is CCSC1NC(=O)C1C(C)(C)[C@@H](O[SiH3])C(C)(C)C. The first-order valence-electron chi connectivity index (χ1n) is 6.61. The van der Waals surface area contributed by atoms with Gasteiger partial charge in [-0.05, 0) is 11.2 Å². The number of thioether (sulfide) groups is 1. The zero-order valence-electron chi connectivity index (χ0n) is 12.7. The van der Waals surface area contributed by atoms with E-state index in [1.807, 2.05) is 11.8 Å². The van der Waals surface area contributed by atoms with Crippen LogP contribution < -0.4 is 5.32 Å². The summed E-state index contributed by atoms with van der Waals surface area (Å²) in [6.45, 7) is 13.0. The van der Waals surface area contributed by atoms with Crippen LogP contribution in [0.15, 0.2) is 0 Å². The highest BCUT2D eigenvalue weighted by Crippen LogP contribution is 2.47. The summed E-state index contributed by atoms with van der Waals surface area (Å²) in [5, 5.41) is 3.26. The van der Waals surface area contributed by atoms with Gasteiger partial charge in [0.25, 0.3) is 0 Å². The number of hydrogen-bond acceptors (Lipinski definition) is 3. The Morgan fingerprint density at radius 2 is 1.94 bits per heavy atom. The van der Waals surface area contributed by atoms with Crippen molar-refractivity contribution in [2.24, 2.45) is 16.7 Å². The van der Waals surface area contributed by atoms with Gasteiger partial charge in [0.05, 0.1) is 17.4 Å². The van der Waals surface area contributed by atoms with Crippen molar-refractivity contribution in [3.8, 4) is 0 Å². The second-order valence-corrected chi connectivity index (χ2v) is 8.56. The Labute approximate surface area is 118 Å². The van der Waals surface area contributed by atoms with Crippen LogP contribution in [0.3, 0.4) is 0 Å². The molecule has 18 heavy (non-hydrogen) atoms. The predicted molar refractivity (Wildman–Crippen MR) is 81.6 cm³/mol. The summed E-state index contributed by atoms with van der Waals surface area (Å²) in [5.74, 6) is 1.26. The normalized spacial score (nSPS) is 26.7. The van der Waals surface area contributed by atoms with Crippen LogP contribution in [0, 0.1) is 16.7 Å². The number of amides is 1. The zero-order chi connectivity index (χ0) is 14.1. The van der Waals surface area contributed by atoms with Crippen LogP contribution in [0.4, 0.5) is 0 Å². The van der Waals surface area contributed by atoms with Crippen molar-refractivity contribution >= 4 is 28.2 Å². The summed E-state index contributed by atoms with van der Waals surface area (Å²) in [5.41, 5.74) is -0.0717. The third kappa shape index (κ3) is 2.94. The topological polar surface area (TPSA) is 38.3 Å². The van der Waals surface area contributed by atoms with Crippen LogP contribution in [0.2, 0.25) is 0 Å². The van der Waals surface area contributed by atoms with Crippen molar-refractivity contribution in [2.75, 3.05) is 5.75 Å². The fourth-order valence-electron chi connectivity index (χ4n) is 3.34. The summed E-state index contributed by atoms with van der Waals surface area (Å²) in [4.78, 5) is 11.9. The third-order valence-corrected chi connectivity index (χ3v) is 5.27. The molecule has 1 rings (SSSR count). The molecule has 1 N–H and O–H groups in total. The first-order chi connectivity index (χ1) is 8.16. The predicted octanol–water partition coefficient (Wildman–Crippen LogP) is 1.55. The van der Waals surface area contributed by atoms with Gasteiger partial charge in [0.2, 0.25) is 5.91 Å². The Hall–Kier alpha value is -0.00312. The van der Waals surface area contributed by atoms with E-state index in [4.69, 9.17) is 4.43 Å². The summed E-state index contributed by atoms with van der Waals surface area (Å²) in [6, 6.07) is 0. The maximum atomic E-state index is 11.9. The van der Waals surface area contributed by atoms with Crippen LogP contribution in [0.1, 0.15) is 41.5 Å². The smallest absolute Gasteiger partial charge is 0.227 e. The fraction of sp³-hybridized carbons (Fsp3) is 0.923. The van der Waals surface area contributed by atoms with Crippen LogP contribution in [0.5, 0.6) is 0 Å². The van der Waals surface area contributed by atoms with Crippen molar-refractivity contribution in [3.63, 3.8) is 0 Å². The Bertz CT molecular complexity index is 315. The Kier molecular flexibility index (Phi) is 4.95. The van der Waals surface area contributed by atoms with E-state index >= 15 is 0 Å². The summed E-state index contributed by atoms with van der Waals surface area (Å²) in [7, 11) is 0.707. The van der Waals surface area contributed by atoms with Gasteiger partial charge in [-0.25, -0.2) is 0 Å². The van der Waals surface area contributed by atoms with Crippen LogP contribution in [0.25, 0.3) is 0 Å². The van der Waals surface area contributed by atoms with E-state index in [-0.39, 0.29) is 34.1 Å². The molecule has 1 saturated heterocycles. The molecular formula is C13H27NO2SSi. The lowest BCUT2D eigenvalue weighted by Gasteiger charge is -2.52. The molecule has 0 bridgehead atoms. The minimum atomic E-state index is -0.130. The fourth-order valence-corrected chi connectivity index (χ4v) is 5.88. The summed E-state index contributed by atoms with van der Waals surface area (Å²) < 4.78 is 5.86. The monoisotopic (exact) mass is 289 g/mol. The molecule has 1 amide bonds. The van der Waals surface area contributed by atoms with Crippen molar-refractivity contribution in [1.29, 1.82) is 0 Å². The lowest BCUT2D eigenvalue weighted by atomic mass is 9.64. The zero-order valence-corrected chi connectivity index (χ0v) is 15.5. The average Bonchev–Trinajstić information content (AvgIpc) is 2.13. The molecule has 1 heterocycles. The van der Waals surface area contributed by atoms with Crippen LogP contribution >= 0.6 is 11.8 Å². The van der Waals surface area contributed by atoms with Gasteiger partial charge in [0.1, 0.15) is 10.5 Å². The molecule has 0 radical (unpaired) electrons. The molecule has 0 aliphatic carbocycles. The van der Waals surface area contributed by atoms with E-state index in [9.17, 15) is 4.79 Å². The lowest BCUT2D eigenvalue weighted by Crippen LogP contribution is -2.65. The molecule has 0 aromatic heterocycles. The summed E-state index contributed by atoms with van der Waals surface area (Å²) >= 11 is 1.82. The van der Waals surface area contributed by atoms with E-state index in [0.717, 1.165) is 5.75 Å². The second-order valence-electron chi connectivity index (χ2n) is 6.67. The molecule has 0 aromatic rings. The molecule has 3 nitrogen and oxygen atoms in total. The maximum absolute atomic E-state index is 11.9. The first kappa shape index (κ1) is 16.1.